The van der Waals surface area contributed by atoms with Crippen molar-refractivity contribution in [3.05, 3.63) is 12.2 Å². The lowest BCUT2D eigenvalue weighted by atomic mass is 9.32. The second-order valence-corrected chi connectivity index (χ2v) is 24.3. The van der Waals surface area contributed by atoms with Crippen LogP contribution < -0.4 is 5.32 Å². The highest BCUT2D eigenvalue weighted by Gasteiger charge is 2.71. The molecule has 0 radical (unpaired) electrons. The third-order valence-corrected chi connectivity index (χ3v) is 20.8. The first kappa shape index (κ1) is 41.7. The van der Waals surface area contributed by atoms with Crippen LogP contribution in [0.3, 0.4) is 0 Å². The summed E-state index contributed by atoms with van der Waals surface area (Å²) >= 11 is 0. The first-order chi connectivity index (χ1) is 25.5. The van der Waals surface area contributed by atoms with Gasteiger partial charge >= 0.3 is 11.9 Å². The number of carbonyl (C=O) groups excluding carboxylic acids is 1. The van der Waals surface area contributed by atoms with Crippen LogP contribution in [-0.4, -0.2) is 90.4 Å². The number of hydrogen-bond acceptors (Lipinski definition) is 8. The standard InChI is InChI=1S/C45H74N2O7S/c1-27(2)29-13-18-45(46-26-33(28(3)48)47-21-23-55(52,53)24-22-47)20-19-43(9)30(37(29)45)11-12-35-42(8)16-15-36(41(6,7)34(42)14-17-44(35,43)10)54-39(51)32-25-31(38(49)50)40(32,4)5/h28-37,46,48H,1,11-26H2,2-10H3,(H,49,50)/t28-,29+,30-,31+,32-,33?,34+,35-,36+,37-,42+,43-,44-,45+/m1/s1. The third kappa shape index (κ3) is 6.33. The first-order valence-electron chi connectivity index (χ1n) is 21.9. The van der Waals surface area contributed by atoms with Crippen LogP contribution in [-0.2, 0) is 24.2 Å². The lowest BCUT2D eigenvalue weighted by molar-refractivity contribution is -0.248. The number of ether oxygens (including phenoxy) is 1. The zero-order chi connectivity index (χ0) is 40.3. The van der Waals surface area contributed by atoms with E-state index in [1.54, 1.807) is 0 Å². The fourth-order valence-electron chi connectivity index (χ4n) is 15.6. The monoisotopic (exact) mass is 787 g/mol. The molecular formula is C45H74N2O7S. The number of sulfone groups is 1. The Morgan fingerprint density at radius 1 is 0.855 bits per heavy atom. The average molecular weight is 787 g/mol. The molecule has 6 aliphatic carbocycles. The van der Waals surface area contributed by atoms with Crippen LogP contribution in [0.5, 0.6) is 0 Å². The summed E-state index contributed by atoms with van der Waals surface area (Å²) in [6.45, 7) is 26.7. The van der Waals surface area contributed by atoms with E-state index in [0.717, 1.165) is 38.5 Å². The molecule has 0 aromatic rings. The van der Waals surface area contributed by atoms with Crippen LogP contribution in [0.4, 0.5) is 0 Å². The number of esters is 1. The van der Waals surface area contributed by atoms with E-state index < -0.39 is 33.2 Å². The smallest absolute Gasteiger partial charge is 0.309 e. The minimum Gasteiger partial charge on any atom is -0.481 e. The first-order valence-corrected chi connectivity index (χ1v) is 23.7. The summed E-state index contributed by atoms with van der Waals surface area (Å²) in [7, 11) is -3.00. The molecule has 0 bridgehead atoms. The molecule has 312 valence electrons. The summed E-state index contributed by atoms with van der Waals surface area (Å²) in [4.78, 5) is 27.6. The van der Waals surface area contributed by atoms with Gasteiger partial charge in [-0.2, -0.15) is 0 Å². The summed E-state index contributed by atoms with van der Waals surface area (Å²) in [6, 6.07) is -0.120. The number of aliphatic carboxylic acids is 1. The molecule has 0 spiro atoms. The molecule has 7 aliphatic rings. The van der Waals surface area contributed by atoms with E-state index in [1.807, 2.05) is 20.8 Å². The molecular weight excluding hydrogens is 713 g/mol. The number of carboxylic acid groups (broad SMARTS) is 1. The SMILES string of the molecule is C=C(C)[C@@H]1CC[C@]2(NCC([C@@H](C)O)N3CCS(=O)(=O)CC3)CC[C@]3(C)[C@H](CC[C@@H]4[C@@]5(C)CC[C@H](OC(=O)[C@H]6C[C@@H](C(=O)O)C6(C)C)C(C)(C)[C@@H]5CC[C@]43C)[C@@H]12. The highest BCUT2D eigenvalue weighted by molar-refractivity contribution is 7.91. The largest absolute Gasteiger partial charge is 0.481 e. The predicted molar refractivity (Wildman–Crippen MR) is 216 cm³/mol. The molecule has 0 aromatic carbocycles. The van der Waals surface area contributed by atoms with Crippen molar-refractivity contribution in [2.24, 2.45) is 68.5 Å². The van der Waals surface area contributed by atoms with Crippen molar-refractivity contribution in [2.75, 3.05) is 31.1 Å². The Balaban J connectivity index is 1.10. The maximum atomic E-state index is 13.6. The Hall–Kier alpha value is -1.49. The van der Waals surface area contributed by atoms with E-state index in [2.05, 4.69) is 58.3 Å². The van der Waals surface area contributed by atoms with E-state index in [1.165, 1.54) is 31.3 Å². The number of carbonyl (C=O) groups is 2. The van der Waals surface area contributed by atoms with Crippen molar-refractivity contribution >= 4 is 21.8 Å². The Morgan fingerprint density at radius 2 is 1.53 bits per heavy atom. The van der Waals surface area contributed by atoms with E-state index in [0.29, 0.717) is 55.6 Å². The van der Waals surface area contributed by atoms with Crippen molar-refractivity contribution in [3.8, 4) is 0 Å². The van der Waals surface area contributed by atoms with E-state index in [9.17, 15) is 28.2 Å². The Bertz CT molecular complexity index is 1640. The van der Waals surface area contributed by atoms with Crippen molar-refractivity contribution in [1.29, 1.82) is 0 Å². The van der Waals surface area contributed by atoms with Crippen molar-refractivity contribution < 1.29 is 33.0 Å². The molecule has 1 unspecified atom stereocenters. The minimum absolute atomic E-state index is 0.0174. The Morgan fingerprint density at radius 3 is 2.13 bits per heavy atom. The van der Waals surface area contributed by atoms with Gasteiger partial charge in [0.05, 0.1) is 29.4 Å². The topological polar surface area (TPSA) is 133 Å². The van der Waals surface area contributed by atoms with Crippen LogP contribution in [0.2, 0.25) is 0 Å². The number of carboxylic acids is 1. The van der Waals surface area contributed by atoms with E-state index in [-0.39, 0.29) is 62.7 Å². The van der Waals surface area contributed by atoms with Gasteiger partial charge in [-0.05, 0) is 136 Å². The fraction of sp³-hybridized carbons (Fsp3) is 0.911. The predicted octanol–water partition coefficient (Wildman–Crippen LogP) is 7.12. The lowest BCUT2D eigenvalue weighted by Crippen LogP contribution is -2.69. The molecule has 1 aliphatic heterocycles. The summed E-state index contributed by atoms with van der Waals surface area (Å²) in [5.41, 5.74) is 1.00. The number of aliphatic hydroxyl groups excluding tert-OH is 1. The van der Waals surface area contributed by atoms with Gasteiger partial charge in [0, 0.05) is 36.6 Å². The molecule has 7 rings (SSSR count). The molecule has 9 nitrogen and oxygen atoms in total. The zero-order valence-electron chi connectivity index (χ0n) is 35.6. The minimum atomic E-state index is -3.00. The lowest BCUT2D eigenvalue weighted by Gasteiger charge is -2.73. The number of aliphatic hydroxyl groups is 1. The van der Waals surface area contributed by atoms with Gasteiger partial charge in [0.25, 0.3) is 0 Å². The second kappa shape index (κ2) is 13.8. The fourth-order valence-corrected chi connectivity index (χ4v) is 16.8. The van der Waals surface area contributed by atoms with Crippen LogP contribution >= 0.6 is 0 Å². The Kier molecular flexibility index (Phi) is 10.4. The molecule has 1 saturated heterocycles. The van der Waals surface area contributed by atoms with Crippen LogP contribution in [0.15, 0.2) is 12.2 Å². The molecule has 3 N–H and O–H groups in total. The summed E-state index contributed by atoms with van der Waals surface area (Å²) in [5.74, 6) is 0.964. The molecule has 14 atom stereocenters. The normalized spacial score (nSPS) is 46.7. The zero-order valence-corrected chi connectivity index (χ0v) is 36.4. The van der Waals surface area contributed by atoms with Gasteiger partial charge in [-0.3, -0.25) is 14.5 Å². The molecule has 1 heterocycles. The molecule has 55 heavy (non-hydrogen) atoms. The van der Waals surface area contributed by atoms with Crippen LogP contribution in [0, 0.1) is 68.5 Å². The second-order valence-electron chi connectivity index (χ2n) is 22.0. The maximum Gasteiger partial charge on any atom is 0.309 e. The van der Waals surface area contributed by atoms with E-state index >= 15 is 0 Å². The van der Waals surface area contributed by atoms with Gasteiger partial charge in [-0.1, -0.05) is 60.6 Å². The van der Waals surface area contributed by atoms with Crippen LogP contribution in [0.25, 0.3) is 0 Å². The van der Waals surface area contributed by atoms with Gasteiger partial charge in [0.1, 0.15) is 6.10 Å². The quantitative estimate of drug-likeness (QED) is 0.165. The van der Waals surface area contributed by atoms with Crippen LogP contribution in [0.1, 0.15) is 133 Å². The van der Waals surface area contributed by atoms with Gasteiger partial charge in [-0.15, -0.1) is 0 Å². The van der Waals surface area contributed by atoms with Crippen molar-refractivity contribution in [3.63, 3.8) is 0 Å². The number of nitrogens with zero attached hydrogens (tertiary/aromatic N) is 1. The number of hydrogen-bond donors (Lipinski definition) is 3. The maximum absolute atomic E-state index is 13.6. The molecule has 0 amide bonds. The molecule has 7 fully saturated rings. The number of rotatable bonds is 9. The van der Waals surface area contributed by atoms with Gasteiger partial charge < -0.3 is 20.3 Å². The van der Waals surface area contributed by atoms with E-state index in [4.69, 9.17) is 4.74 Å². The van der Waals surface area contributed by atoms with Gasteiger partial charge in [0.2, 0.25) is 0 Å². The Labute approximate surface area is 332 Å². The highest BCUT2D eigenvalue weighted by Crippen LogP contribution is 2.76. The highest BCUT2D eigenvalue weighted by atomic mass is 32.2. The summed E-state index contributed by atoms with van der Waals surface area (Å²) in [5, 5.41) is 24.8. The summed E-state index contributed by atoms with van der Waals surface area (Å²) in [6.07, 6.45) is 10.8. The van der Waals surface area contributed by atoms with Crippen molar-refractivity contribution in [2.45, 2.75) is 157 Å². The van der Waals surface area contributed by atoms with Gasteiger partial charge in [0.15, 0.2) is 9.84 Å². The number of nitrogens with one attached hydrogen (secondary N) is 1. The summed E-state index contributed by atoms with van der Waals surface area (Å²) < 4.78 is 30.9. The van der Waals surface area contributed by atoms with Gasteiger partial charge in [-0.25, -0.2) is 8.42 Å². The molecule has 0 aromatic heterocycles. The van der Waals surface area contributed by atoms with Crippen molar-refractivity contribution in [1.82, 2.24) is 10.2 Å². The number of fused-ring (bicyclic) bond motifs is 7. The average Bonchev–Trinajstić information content (AvgIpc) is 3.46. The third-order valence-electron chi connectivity index (χ3n) is 19.2. The molecule has 10 heteroatoms. The molecule has 6 saturated carbocycles. The number of allylic oxidation sites excluding steroid dienone is 1.